The first-order valence-electron chi connectivity index (χ1n) is 8.44. The van der Waals surface area contributed by atoms with Gasteiger partial charge in [0.15, 0.2) is 0 Å². The molecule has 4 rings (SSSR count). The summed E-state index contributed by atoms with van der Waals surface area (Å²) in [6.07, 6.45) is 5.77. The van der Waals surface area contributed by atoms with Crippen LogP contribution in [-0.4, -0.2) is 54.5 Å². The maximum Gasteiger partial charge on any atom is 0.264 e. The highest BCUT2D eigenvalue weighted by Crippen LogP contribution is 2.33. The second kappa shape index (κ2) is 5.95. The van der Waals surface area contributed by atoms with Crippen molar-refractivity contribution < 1.29 is 9.53 Å². The molecule has 1 amide bonds. The van der Waals surface area contributed by atoms with Gasteiger partial charge in [-0.05, 0) is 50.9 Å². The molecule has 0 aliphatic carbocycles. The molecule has 2 fully saturated rings. The van der Waals surface area contributed by atoms with Gasteiger partial charge in [-0.1, -0.05) is 0 Å². The third-order valence-electron chi connectivity index (χ3n) is 5.42. The molecule has 4 nitrogen and oxygen atoms in total. The number of amides is 1. The standard InChI is InChI=1S/C17H24N2O2S/c1-18-7-2-4-13(18)14-5-3-8-19(14)17(20)16-10-12-11-21-9-6-15(12)22-16/h10,13-14H,2-9,11H2,1H3. The van der Waals surface area contributed by atoms with E-state index in [1.807, 2.05) is 0 Å². The number of thiophene rings is 1. The van der Waals surface area contributed by atoms with Crippen LogP contribution in [0.1, 0.15) is 45.8 Å². The molecule has 0 bridgehead atoms. The Labute approximate surface area is 136 Å². The van der Waals surface area contributed by atoms with Crippen molar-refractivity contribution in [2.24, 2.45) is 0 Å². The predicted octanol–water partition coefficient (Wildman–Crippen LogP) is 2.52. The van der Waals surface area contributed by atoms with Crippen molar-refractivity contribution in [1.29, 1.82) is 0 Å². The Kier molecular flexibility index (Phi) is 3.96. The summed E-state index contributed by atoms with van der Waals surface area (Å²) in [5.41, 5.74) is 1.23. The van der Waals surface area contributed by atoms with E-state index in [0.717, 1.165) is 37.3 Å². The second-order valence-electron chi connectivity index (χ2n) is 6.76. The zero-order valence-electron chi connectivity index (χ0n) is 13.2. The summed E-state index contributed by atoms with van der Waals surface area (Å²) < 4.78 is 5.51. The van der Waals surface area contributed by atoms with Crippen LogP contribution >= 0.6 is 11.3 Å². The first-order chi connectivity index (χ1) is 10.7. The van der Waals surface area contributed by atoms with Gasteiger partial charge in [0.05, 0.1) is 18.1 Å². The number of hydrogen-bond acceptors (Lipinski definition) is 4. The maximum atomic E-state index is 13.0. The molecule has 0 N–H and O–H groups in total. The van der Waals surface area contributed by atoms with Crippen LogP contribution in [0.3, 0.4) is 0 Å². The summed E-state index contributed by atoms with van der Waals surface area (Å²) >= 11 is 1.69. The SMILES string of the molecule is CN1CCCC1C1CCCN1C(=O)c1cc2c(s1)CCOC2. The van der Waals surface area contributed by atoms with Crippen LogP contribution in [0, 0.1) is 0 Å². The molecule has 0 aromatic carbocycles. The number of nitrogens with zero attached hydrogens (tertiary/aromatic N) is 2. The Morgan fingerprint density at radius 2 is 2.09 bits per heavy atom. The first-order valence-corrected chi connectivity index (χ1v) is 9.26. The lowest BCUT2D eigenvalue weighted by atomic mass is 10.0. The number of likely N-dealkylation sites (N-methyl/N-ethyl adjacent to an activating group) is 1. The Morgan fingerprint density at radius 3 is 2.86 bits per heavy atom. The van der Waals surface area contributed by atoms with E-state index in [9.17, 15) is 4.79 Å². The Balaban J connectivity index is 1.55. The molecule has 120 valence electrons. The van der Waals surface area contributed by atoms with Crippen LogP contribution in [0.4, 0.5) is 0 Å². The average Bonchev–Trinajstić information content (AvgIpc) is 3.24. The van der Waals surface area contributed by atoms with E-state index < -0.39 is 0 Å². The molecule has 2 unspecified atom stereocenters. The topological polar surface area (TPSA) is 32.8 Å². The van der Waals surface area contributed by atoms with Crippen molar-refractivity contribution in [3.8, 4) is 0 Å². The summed E-state index contributed by atoms with van der Waals surface area (Å²) in [4.78, 5) is 19.9. The molecule has 1 aromatic heterocycles. The average molecular weight is 320 g/mol. The van der Waals surface area contributed by atoms with Crippen LogP contribution in [-0.2, 0) is 17.8 Å². The highest BCUT2D eigenvalue weighted by molar-refractivity contribution is 7.14. The fourth-order valence-corrected chi connectivity index (χ4v) is 5.37. The fraction of sp³-hybridized carbons (Fsp3) is 0.706. The molecule has 0 spiro atoms. The van der Waals surface area contributed by atoms with E-state index in [4.69, 9.17) is 4.74 Å². The van der Waals surface area contributed by atoms with Gasteiger partial charge in [0.25, 0.3) is 5.91 Å². The quantitative estimate of drug-likeness (QED) is 0.839. The number of likely N-dealkylation sites (tertiary alicyclic amines) is 2. The lowest BCUT2D eigenvalue weighted by molar-refractivity contribution is 0.0669. The van der Waals surface area contributed by atoms with Crippen molar-refractivity contribution in [2.75, 3.05) is 26.7 Å². The smallest absolute Gasteiger partial charge is 0.264 e. The van der Waals surface area contributed by atoms with Crippen molar-refractivity contribution in [3.63, 3.8) is 0 Å². The summed E-state index contributed by atoms with van der Waals surface area (Å²) in [6.45, 7) is 3.56. The molecule has 3 aliphatic rings. The second-order valence-corrected chi connectivity index (χ2v) is 7.90. The van der Waals surface area contributed by atoms with E-state index >= 15 is 0 Å². The molecule has 4 heterocycles. The number of fused-ring (bicyclic) bond motifs is 1. The third kappa shape index (κ3) is 2.49. The first kappa shape index (κ1) is 14.7. The van der Waals surface area contributed by atoms with Crippen molar-refractivity contribution in [3.05, 3.63) is 21.4 Å². The van der Waals surface area contributed by atoms with Gasteiger partial charge in [-0.15, -0.1) is 11.3 Å². The summed E-state index contributed by atoms with van der Waals surface area (Å²) in [5.74, 6) is 0.252. The highest BCUT2D eigenvalue weighted by Gasteiger charge is 2.39. The Morgan fingerprint density at radius 1 is 1.27 bits per heavy atom. The molecule has 0 radical (unpaired) electrons. The van der Waals surface area contributed by atoms with E-state index in [1.165, 1.54) is 29.8 Å². The molecule has 2 saturated heterocycles. The van der Waals surface area contributed by atoms with E-state index in [0.29, 0.717) is 18.7 Å². The third-order valence-corrected chi connectivity index (χ3v) is 6.64. The van der Waals surface area contributed by atoms with E-state index in [2.05, 4.69) is 22.9 Å². The van der Waals surface area contributed by atoms with Gasteiger partial charge in [0.1, 0.15) is 0 Å². The number of hydrogen-bond donors (Lipinski definition) is 0. The van der Waals surface area contributed by atoms with E-state index in [-0.39, 0.29) is 5.91 Å². The lowest BCUT2D eigenvalue weighted by Gasteiger charge is -2.33. The zero-order valence-corrected chi connectivity index (χ0v) is 14.0. The molecular weight excluding hydrogens is 296 g/mol. The van der Waals surface area contributed by atoms with Gasteiger partial charge >= 0.3 is 0 Å². The van der Waals surface area contributed by atoms with Crippen LogP contribution < -0.4 is 0 Å². The highest BCUT2D eigenvalue weighted by atomic mass is 32.1. The van der Waals surface area contributed by atoms with Crippen LogP contribution in [0.5, 0.6) is 0 Å². The van der Waals surface area contributed by atoms with Gasteiger partial charge in [0.2, 0.25) is 0 Å². The zero-order chi connectivity index (χ0) is 15.1. The summed E-state index contributed by atoms with van der Waals surface area (Å²) in [5, 5.41) is 0. The minimum atomic E-state index is 0.252. The number of carbonyl (C=O) groups is 1. The van der Waals surface area contributed by atoms with Crippen LogP contribution in [0.25, 0.3) is 0 Å². The van der Waals surface area contributed by atoms with Crippen molar-refractivity contribution >= 4 is 17.2 Å². The van der Waals surface area contributed by atoms with Crippen molar-refractivity contribution in [2.45, 2.75) is 50.8 Å². The molecule has 2 atom stereocenters. The van der Waals surface area contributed by atoms with Gasteiger partial charge in [-0.3, -0.25) is 4.79 Å². The van der Waals surface area contributed by atoms with Gasteiger partial charge < -0.3 is 14.5 Å². The molecule has 0 saturated carbocycles. The number of carbonyl (C=O) groups excluding carboxylic acids is 1. The predicted molar refractivity (Wildman–Crippen MR) is 87.4 cm³/mol. The van der Waals surface area contributed by atoms with Crippen molar-refractivity contribution in [1.82, 2.24) is 9.80 Å². The largest absolute Gasteiger partial charge is 0.376 e. The monoisotopic (exact) mass is 320 g/mol. The normalized spacial score (nSPS) is 29.0. The molecule has 3 aliphatic heterocycles. The van der Waals surface area contributed by atoms with E-state index in [1.54, 1.807) is 11.3 Å². The van der Waals surface area contributed by atoms with Gasteiger partial charge in [-0.2, -0.15) is 0 Å². The number of ether oxygens (including phenoxy) is 1. The molecule has 1 aromatic rings. The minimum absolute atomic E-state index is 0.252. The molecule has 22 heavy (non-hydrogen) atoms. The maximum absolute atomic E-state index is 13.0. The Hall–Kier alpha value is -0.910. The summed E-state index contributed by atoms with van der Waals surface area (Å²) in [6, 6.07) is 3.05. The Bertz CT molecular complexity index is 548. The number of rotatable bonds is 2. The fourth-order valence-electron chi connectivity index (χ4n) is 4.26. The summed E-state index contributed by atoms with van der Waals surface area (Å²) in [7, 11) is 2.21. The van der Waals surface area contributed by atoms with Gasteiger partial charge in [0, 0.05) is 29.9 Å². The van der Waals surface area contributed by atoms with Gasteiger partial charge in [-0.25, -0.2) is 0 Å². The molecular formula is C17H24N2O2S. The minimum Gasteiger partial charge on any atom is -0.376 e. The lowest BCUT2D eigenvalue weighted by Crippen LogP contribution is -2.46. The van der Waals surface area contributed by atoms with Crippen LogP contribution in [0.15, 0.2) is 6.07 Å². The molecule has 5 heteroatoms. The van der Waals surface area contributed by atoms with Crippen LogP contribution in [0.2, 0.25) is 0 Å².